The van der Waals surface area contributed by atoms with Crippen LogP contribution in [0.1, 0.15) is 73.1 Å². The first-order valence-corrected chi connectivity index (χ1v) is 11.4. The molecule has 0 radical (unpaired) electrons. The van der Waals surface area contributed by atoms with Gasteiger partial charge in [-0.2, -0.15) is 0 Å². The number of fused-ring (bicyclic) bond motifs is 1. The van der Waals surface area contributed by atoms with Crippen LogP contribution in [0, 0.1) is 0 Å². The highest BCUT2D eigenvalue weighted by Crippen LogP contribution is 2.35. The number of aromatic nitrogens is 2. The predicted octanol–water partition coefficient (Wildman–Crippen LogP) is 4.76. The quantitative estimate of drug-likeness (QED) is 0.492. The van der Waals surface area contributed by atoms with Gasteiger partial charge in [-0.1, -0.05) is 36.4 Å². The molecule has 0 spiro atoms. The summed E-state index contributed by atoms with van der Waals surface area (Å²) in [5.41, 5.74) is 10.2. The Bertz CT molecular complexity index is 1140. The molecule has 3 aromatic rings. The zero-order valence-corrected chi connectivity index (χ0v) is 19.2. The molecular weight excluding hydrogens is 398 g/mol. The van der Waals surface area contributed by atoms with Gasteiger partial charge in [0, 0.05) is 36.3 Å². The molecule has 0 saturated heterocycles. The molecule has 1 atom stereocenters. The second-order valence-corrected chi connectivity index (χ2v) is 9.55. The molecule has 4 N–H and O–H groups in total. The predicted molar refractivity (Wildman–Crippen MR) is 130 cm³/mol. The summed E-state index contributed by atoms with van der Waals surface area (Å²) in [6.07, 6.45) is 9.60. The lowest BCUT2D eigenvalue weighted by molar-refractivity contribution is 0.0951. The first-order chi connectivity index (χ1) is 15.3. The van der Waals surface area contributed by atoms with E-state index in [-0.39, 0.29) is 11.4 Å². The number of nitrogens with two attached hydrogens (primary N) is 1. The third-order valence-corrected chi connectivity index (χ3v) is 5.74. The number of imidazole rings is 1. The van der Waals surface area contributed by atoms with E-state index < -0.39 is 0 Å². The Balaban J connectivity index is 1.60. The van der Waals surface area contributed by atoms with Crippen LogP contribution in [0.25, 0.3) is 5.65 Å². The van der Waals surface area contributed by atoms with E-state index in [9.17, 15) is 4.79 Å². The van der Waals surface area contributed by atoms with E-state index in [2.05, 4.69) is 48.0 Å². The average molecular weight is 432 g/mol. The molecule has 2 aromatic heterocycles. The van der Waals surface area contributed by atoms with Crippen LogP contribution in [0.5, 0.6) is 0 Å². The van der Waals surface area contributed by atoms with Crippen molar-refractivity contribution in [2.75, 3.05) is 5.32 Å². The van der Waals surface area contributed by atoms with Crippen LogP contribution in [-0.4, -0.2) is 20.8 Å². The van der Waals surface area contributed by atoms with Crippen molar-refractivity contribution in [3.63, 3.8) is 0 Å². The van der Waals surface area contributed by atoms with E-state index in [1.165, 1.54) is 0 Å². The van der Waals surface area contributed by atoms with E-state index in [0.717, 1.165) is 47.5 Å². The summed E-state index contributed by atoms with van der Waals surface area (Å²) in [5.74, 6) is 1.30. The number of amides is 1. The normalized spacial score (nSPS) is 16.3. The first kappa shape index (κ1) is 22.1. The molecule has 0 fully saturated rings. The summed E-state index contributed by atoms with van der Waals surface area (Å²) in [6, 6.07) is 11.7. The number of anilines is 1. The molecule has 6 heteroatoms. The number of carbonyl (C=O) groups is 1. The van der Waals surface area contributed by atoms with E-state index in [1.807, 2.05) is 42.6 Å². The lowest BCUT2D eigenvalue weighted by atomic mass is 9.91. The maximum Gasteiger partial charge on any atom is 0.251 e. The molecule has 1 aromatic carbocycles. The van der Waals surface area contributed by atoms with Crippen molar-refractivity contribution in [1.82, 2.24) is 14.7 Å². The van der Waals surface area contributed by atoms with Crippen LogP contribution in [-0.2, 0) is 13.1 Å². The van der Waals surface area contributed by atoms with Crippen LogP contribution in [0.4, 0.5) is 5.82 Å². The monoisotopic (exact) mass is 431 g/mol. The van der Waals surface area contributed by atoms with Crippen molar-refractivity contribution in [3.8, 4) is 0 Å². The zero-order chi connectivity index (χ0) is 22.7. The average Bonchev–Trinajstić information content (AvgIpc) is 3.14. The molecular formula is C26H33N5O. The number of nitrogens with zero attached hydrogens (tertiary/aromatic N) is 2. The molecule has 1 unspecified atom stereocenters. The Kier molecular flexibility index (Phi) is 6.33. The summed E-state index contributed by atoms with van der Waals surface area (Å²) < 4.78 is 2.07. The lowest BCUT2D eigenvalue weighted by Gasteiger charge is -2.25. The standard InChI is InChI=1S/C26H33N5O/c1-26(2,3)30-24-23(20-10-5-4-6-11-20)29-22-15-21(12-13-31(22)24)25(32)28-17-19-9-7-8-18(14-19)16-27/h4-5,7-9,12-15,20,30H,6,10-11,16-17,27H2,1-3H3,(H,28,32). The van der Waals surface area contributed by atoms with Crippen molar-refractivity contribution in [3.05, 3.63) is 77.1 Å². The lowest BCUT2D eigenvalue weighted by Crippen LogP contribution is -2.28. The molecule has 2 heterocycles. The molecule has 0 saturated carbocycles. The van der Waals surface area contributed by atoms with Gasteiger partial charge in [0.25, 0.3) is 5.91 Å². The molecule has 4 rings (SSSR count). The van der Waals surface area contributed by atoms with Gasteiger partial charge in [0.2, 0.25) is 0 Å². The summed E-state index contributed by atoms with van der Waals surface area (Å²) in [6.45, 7) is 7.40. The fourth-order valence-corrected chi connectivity index (χ4v) is 4.16. The summed E-state index contributed by atoms with van der Waals surface area (Å²) >= 11 is 0. The number of nitrogens with one attached hydrogen (secondary N) is 2. The second kappa shape index (κ2) is 9.17. The summed E-state index contributed by atoms with van der Waals surface area (Å²) in [4.78, 5) is 17.8. The molecule has 1 aliphatic rings. The molecule has 0 bridgehead atoms. The van der Waals surface area contributed by atoms with E-state index in [1.54, 1.807) is 0 Å². The summed E-state index contributed by atoms with van der Waals surface area (Å²) in [7, 11) is 0. The minimum absolute atomic E-state index is 0.0939. The van der Waals surface area contributed by atoms with Crippen molar-refractivity contribution in [1.29, 1.82) is 0 Å². The van der Waals surface area contributed by atoms with Crippen LogP contribution < -0.4 is 16.4 Å². The van der Waals surface area contributed by atoms with Gasteiger partial charge >= 0.3 is 0 Å². The molecule has 32 heavy (non-hydrogen) atoms. The minimum atomic E-state index is -0.110. The van der Waals surface area contributed by atoms with E-state index in [4.69, 9.17) is 10.7 Å². The van der Waals surface area contributed by atoms with Crippen molar-refractivity contribution >= 4 is 17.4 Å². The number of hydrogen-bond donors (Lipinski definition) is 3. The number of hydrogen-bond acceptors (Lipinski definition) is 4. The van der Waals surface area contributed by atoms with Crippen molar-refractivity contribution < 1.29 is 4.79 Å². The van der Waals surface area contributed by atoms with Gasteiger partial charge in [0.1, 0.15) is 11.5 Å². The Hall–Kier alpha value is -3.12. The van der Waals surface area contributed by atoms with Crippen molar-refractivity contribution in [2.24, 2.45) is 5.73 Å². The minimum Gasteiger partial charge on any atom is -0.365 e. The van der Waals surface area contributed by atoms with E-state index in [0.29, 0.717) is 24.6 Å². The van der Waals surface area contributed by atoms with Crippen LogP contribution in [0.2, 0.25) is 0 Å². The number of carbonyl (C=O) groups excluding carboxylic acids is 1. The fourth-order valence-electron chi connectivity index (χ4n) is 4.16. The van der Waals surface area contributed by atoms with Gasteiger partial charge in [-0.15, -0.1) is 0 Å². The van der Waals surface area contributed by atoms with Crippen molar-refractivity contribution in [2.45, 2.75) is 64.6 Å². The third kappa shape index (κ3) is 5.02. The van der Waals surface area contributed by atoms with Gasteiger partial charge in [0.15, 0.2) is 0 Å². The van der Waals surface area contributed by atoms with Crippen LogP contribution in [0.15, 0.2) is 54.7 Å². The Labute approximate surface area is 189 Å². The molecule has 1 amide bonds. The number of pyridine rings is 1. The third-order valence-electron chi connectivity index (χ3n) is 5.74. The highest BCUT2D eigenvalue weighted by Gasteiger charge is 2.25. The number of allylic oxidation sites excluding steroid dienone is 2. The Morgan fingerprint density at radius 3 is 2.72 bits per heavy atom. The van der Waals surface area contributed by atoms with Gasteiger partial charge in [0.05, 0.1) is 5.69 Å². The Morgan fingerprint density at radius 1 is 1.19 bits per heavy atom. The van der Waals surface area contributed by atoms with Crippen LogP contribution in [0.3, 0.4) is 0 Å². The topological polar surface area (TPSA) is 84.5 Å². The smallest absolute Gasteiger partial charge is 0.251 e. The highest BCUT2D eigenvalue weighted by molar-refractivity contribution is 5.95. The first-order valence-electron chi connectivity index (χ1n) is 11.4. The zero-order valence-electron chi connectivity index (χ0n) is 19.2. The number of rotatable bonds is 6. The van der Waals surface area contributed by atoms with Crippen LogP contribution >= 0.6 is 0 Å². The van der Waals surface area contributed by atoms with Gasteiger partial charge in [-0.25, -0.2) is 4.98 Å². The molecule has 168 valence electrons. The molecule has 6 nitrogen and oxygen atoms in total. The Morgan fingerprint density at radius 2 is 2.00 bits per heavy atom. The number of benzene rings is 1. The molecule has 0 aliphatic heterocycles. The summed E-state index contributed by atoms with van der Waals surface area (Å²) in [5, 5.41) is 6.65. The van der Waals surface area contributed by atoms with Gasteiger partial charge in [-0.3, -0.25) is 9.20 Å². The maximum atomic E-state index is 12.8. The SMILES string of the molecule is CC(C)(C)Nc1c(C2CC=CCC2)nc2cc(C(=O)NCc3cccc(CN)c3)ccn12. The van der Waals surface area contributed by atoms with E-state index >= 15 is 0 Å². The van der Waals surface area contributed by atoms with Gasteiger partial charge in [-0.05, 0) is 63.3 Å². The second-order valence-electron chi connectivity index (χ2n) is 9.55. The van der Waals surface area contributed by atoms with Gasteiger partial charge < -0.3 is 16.4 Å². The highest BCUT2D eigenvalue weighted by atomic mass is 16.1. The maximum absolute atomic E-state index is 12.8. The fraction of sp³-hybridized carbons (Fsp3) is 0.385. The molecule has 1 aliphatic carbocycles. The largest absolute Gasteiger partial charge is 0.365 e.